The number of aromatic nitrogens is 1. The lowest BCUT2D eigenvalue weighted by atomic mass is 10.3. The van der Waals surface area contributed by atoms with Gasteiger partial charge in [-0.2, -0.15) is 0 Å². The average Bonchev–Trinajstić information content (AvgIpc) is 1.89. The first-order chi connectivity index (χ1) is 4.34. The molecule has 0 N–H and O–H groups in total. The lowest BCUT2D eigenvalue weighted by molar-refractivity contribution is 1.11. The van der Waals surface area contributed by atoms with Crippen LogP contribution in [0.1, 0.15) is 5.56 Å². The van der Waals surface area contributed by atoms with Crippen LogP contribution in [0.25, 0.3) is 0 Å². The molecule has 0 aliphatic carbocycles. The molecule has 2 heteroatoms. The van der Waals surface area contributed by atoms with Crippen LogP contribution in [0.2, 0.25) is 0 Å². The van der Waals surface area contributed by atoms with Crippen LogP contribution in [0.4, 0.5) is 0 Å². The molecule has 0 spiro atoms. The highest BCUT2D eigenvalue weighted by atomic mass is 32.2. The molecule has 1 nitrogen and oxygen atoms in total. The number of hydrogen-bond acceptors (Lipinski definition) is 2. The molecule has 0 saturated carbocycles. The Bertz CT molecular complexity index is 198. The van der Waals surface area contributed by atoms with Crippen LogP contribution in [-0.4, -0.2) is 11.2 Å². The Kier molecular flexibility index (Phi) is 2.11. The Labute approximate surface area is 59.5 Å². The molecule has 47 valence electrons. The molecule has 0 fully saturated rings. The third-order valence-electron chi connectivity index (χ3n) is 1.04. The van der Waals surface area contributed by atoms with Crippen molar-refractivity contribution >= 4 is 11.8 Å². The minimum atomic E-state index is 1.00. The van der Waals surface area contributed by atoms with Crippen LogP contribution in [0, 0.1) is 6.92 Å². The van der Waals surface area contributed by atoms with E-state index >= 15 is 0 Å². The van der Waals surface area contributed by atoms with E-state index in [1.807, 2.05) is 18.4 Å². The summed E-state index contributed by atoms with van der Waals surface area (Å²) in [6.45, 7) is 3.81. The molecule has 0 saturated heterocycles. The van der Waals surface area contributed by atoms with Crippen LogP contribution in [0.15, 0.2) is 23.4 Å². The standard InChI is InChI=1S/C7H8NS/c1-6-4-3-5-8-7(6)9-2/h3-5H,1H2,2H3. The maximum absolute atomic E-state index is 4.10. The second kappa shape index (κ2) is 2.87. The van der Waals surface area contributed by atoms with Crippen molar-refractivity contribution in [2.45, 2.75) is 5.03 Å². The zero-order chi connectivity index (χ0) is 6.69. The van der Waals surface area contributed by atoms with Gasteiger partial charge in [0.25, 0.3) is 0 Å². The Hall–Kier alpha value is -0.500. The molecule has 0 aliphatic rings. The smallest absolute Gasteiger partial charge is 0.0989 e. The van der Waals surface area contributed by atoms with Crippen molar-refractivity contribution in [3.05, 3.63) is 30.8 Å². The number of hydrogen-bond donors (Lipinski definition) is 0. The summed E-state index contributed by atoms with van der Waals surface area (Å²) in [6.07, 6.45) is 3.78. The van der Waals surface area contributed by atoms with Gasteiger partial charge >= 0.3 is 0 Å². The zero-order valence-corrected chi connectivity index (χ0v) is 6.11. The largest absolute Gasteiger partial charge is 0.250 e. The molecular weight excluding hydrogens is 130 g/mol. The summed E-state index contributed by atoms with van der Waals surface area (Å²) in [5.74, 6) is 0. The maximum Gasteiger partial charge on any atom is 0.0989 e. The number of rotatable bonds is 1. The van der Waals surface area contributed by atoms with Gasteiger partial charge in [-0.25, -0.2) is 4.98 Å². The second-order valence-electron chi connectivity index (χ2n) is 1.67. The summed E-state index contributed by atoms with van der Waals surface area (Å²) in [4.78, 5) is 4.10. The van der Waals surface area contributed by atoms with Crippen LogP contribution in [-0.2, 0) is 0 Å². The molecule has 0 amide bonds. The molecule has 1 radical (unpaired) electrons. The van der Waals surface area contributed by atoms with Gasteiger partial charge in [0, 0.05) is 6.20 Å². The molecule has 9 heavy (non-hydrogen) atoms. The number of pyridine rings is 1. The van der Waals surface area contributed by atoms with E-state index in [1.54, 1.807) is 18.0 Å². The van der Waals surface area contributed by atoms with Crippen LogP contribution >= 0.6 is 11.8 Å². The van der Waals surface area contributed by atoms with Gasteiger partial charge in [0.1, 0.15) is 0 Å². The van der Waals surface area contributed by atoms with Gasteiger partial charge in [-0.3, -0.25) is 0 Å². The third-order valence-corrected chi connectivity index (χ3v) is 1.80. The van der Waals surface area contributed by atoms with E-state index in [9.17, 15) is 0 Å². The van der Waals surface area contributed by atoms with E-state index in [0.717, 1.165) is 10.6 Å². The summed E-state index contributed by atoms with van der Waals surface area (Å²) < 4.78 is 0. The number of nitrogens with zero attached hydrogens (tertiary/aromatic N) is 1. The van der Waals surface area contributed by atoms with Gasteiger partial charge in [0.15, 0.2) is 0 Å². The van der Waals surface area contributed by atoms with E-state index in [0.29, 0.717) is 0 Å². The quantitative estimate of drug-likeness (QED) is 0.550. The predicted molar refractivity (Wildman–Crippen MR) is 40.5 cm³/mol. The molecule has 0 aromatic carbocycles. The summed E-state index contributed by atoms with van der Waals surface area (Å²) in [6, 6.07) is 3.85. The average molecular weight is 138 g/mol. The topological polar surface area (TPSA) is 12.9 Å². The Morgan fingerprint density at radius 2 is 2.44 bits per heavy atom. The highest BCUT2D eigenvalue weighted by Crippen LogP contribution is 2.14. The van der Waals surface area contributed by atoms with Gasteiger partial charge in [-0.05, 0) is 24.8 Å². The molecule has 1 rings (SSSR count). The van der Waals surface area contributed by atoms with Crippen molar-refractivity contribution in [3.8, 4) is 0 Å². The highest BCUT2D eigenvalue weighted by molar-refractivity contribution is 7.98. The molecule has 0 atom stereocenters. The Balaban J connectivity index is 3.01. The molecule has 1 heterocycles. The van der Waals surface area contributed by atoms with Crippen molar-refractivity contribution in [1.82, 2.24) is 4.98 Å². The lowest BCUT2D eigenvalue weighted by Gasteiger charge is -1.96. The van der Waals surface area contributed by atoms with Crippen molar-refractivity contribution < 1.29 is 0 Å². The van der Waals surface area contributed by atoms with Crippen LogP contribution in [0.5, 0.6) is 0 Å². The SMILES string of the molecule is [CH2]c1cccnc1SC. The summed E-state index contributed by atoms with van der Waals surface area (Å²) in [7, 11) is 0. The fourth-order valence-electron chi connectivity index (χ4n) is 0.608. The highest BCUT2D eigenvalue weighted by Gasteiger charge is 1.92. The van der Waals surface area contributed by atoms with Crippen molar-refractivity contribution in [2.75, 3.05) is 6.26 Å². The first-order valence-corrected chi connectivity index (χ1v) is 3.88. The van der Waals surface area contributed by atoms with Crippen LogP contribution in [0.3, 0.4) is 0 Å². The van der Waals surface area contributed by atoms with Gasteiger partial charge in [-0.1, -0.05) is 6.07 Å². The molecular formula is C7H8NS. The second-order valence-corrected chi connectivity index (χ2v) is 2.47. The number of thioether (sulfide) groups is 1. The van der Waals surface area contributed by atoms with Gasteiger partial charge < -0.3 is 0 Å². The van der Waals surface area contributed by atoms with Crippen molar-refractivity contribution in [1.29, 1.82) is 0 Å². The molecule has 0 aliphatic heterocycles. The summed E-state index contributed by atoms with van der Waals surface area (Å²) in [5, 5.41) is 1.01. The van der Waals surface area contributed by atoms with E-state index in [4.69, 9.17) is 0 Å². The lowest BCUT2D eigenvalue weighted by Crippen LogP contribution is -1.80. The fourth-order valence-corrected chi connectivity index (χ4v) is 1.10. The first kappa shape index (κ1) is 6.62. The van der Waals surface area contributed by atoms with Gasteiger partial charge in [0.2, 0.25) is 0 Å². The molecule has 1 aromatic rings. The van der Waals surface area contributed by atoms with Gasteiger partial charge in [-0.15, -0.1) is 11.8 Å². The zero-order valence-electron chi connectivity index (χ0n) is 5.29. The summed E-state index contributed by atoms with van der Waals surface area (Å²) >= 11 is 1.62. The van der Waals surface area contributed by atoms with Crippen LogP contribution < -0.4 is 0 Å². The monoisotopic (exact) mass is 138 g/mol. The van der Waals surface area contributed by atoms with Crippen molar-refractivity contribution in [3.63, 3.8) is 0 Å². The van der Waals surface area contributed by atoms with E-state index in [-0.39, 0.29) is 0 Å². The molecule has 0 unspecified atom stereocenters. The van der Waals surface area contributed by atoms with Gasteiger partial charge in [0.05, 0.1) is 5.03 Å². The van der Waals surface area contributed by atoms with E-state index < -0.39 is 0 Å². The molecule has 1 aromatic heterocycles. The van der Waals surface area contributed by atoms with E-state index in [1.165, 1.54) is 0 Å². The van der Waals surface area contributed by atoms with Crippen molar-refractivity contribution in [2.24, 2.45) is 0 Å². The predicted octanol–water partition coefficient (Wildman–Crippen LogP) is 1.99. The normalized spacial score (nSPS) is 9.56. The maximum atomic E-state index is 4.10. The Morgan fingerprint density at radius 3 is 2.89 bits per heavy atom. The minimum Gasteiger partial charge on any atom is -0.250 e. The Morgan fingerprint density at radius 1 is 1.67 bits per heavy atom. The minimum absolute atomic E-state index is 1.00. The molecule has 0 bridgehead atoms. The summed E-state index contributed by atoms with van der Waals surface area (Å²) in [5.41, 5.74) is 1.00. The first-order valence-electron chi connectivity index (χ1n) is 2.65. The third kappa shape index (κ3) is 1.45. The fraction of sp³-hybridized carbons (Fsp3) is 0.143. The van der Waals surface area contributed by atoms with E-state index in [2.05, 4.69) is 11.9 Å².